The Bertz CT molecular complexity index is 1030. The maximum Gasteiger partial charge on any atom is 0.254 e. The van der Waals surface area contributed by atoms with Gasteiger partial charge in [0.2, 0.25) is 0 Å². The zero-order chi connectivity index (χ0) is 23.8. The standard InChI is InChI=1S/C27H40N4OS/c1-7-31-18(3)22(17(2)30-31)16-28-26-24(25(32)29-20-11-9-8-10-12-20)21-14-13-19(27(4,5)6)15-23(21)33-26/h16,19-20H,7-15H2,1-6H3,(H,29,32)/t19-/m1/s1. The van der Waals surface area contributed by atoms with Crippen molar-refractivity contribution in [3.05, 3.63) is 33.0 Å². The fourth-order valence-electron chi connectivity index (χ4n) is 5.47. The SMILES string of the molecule is CCn1nc(C)c(C=Nc2sc3c(c2C(=O)NC2CCCCC2)CC[C@@H](C(C)(C)C)C3)c1C. The summed E-state index contributed by atoms with van der Waals surface area (Å²) < 4.78 is 2.01. The first-order chi connectivity index (χ1) is 15.7. The molecule has 1 N–H and O–H groups in total. The van der Waals surface area contributed by atoms with Gasteiger partial charge in [-0.15, -0.1) is 11.3 Å². The topological polar surface area (TPSA) is 59.3 Å². The average Bonchev–Trinajstić information content (AvgIpc) is 3.28. The Morgan fingerprint density at radius 3 is 2.58 bits per heavy atom. The quantitative estimate of drug-likeness (QED) is 0.506. The van der Waals surface area contributed by atoms with E-state index in [1.54, 1.807) is 11.3 Å². The molecule has 0 spiro atoms. The number of aliphatic imine (C=N–C) groups is 1. The second kappa shape index (κ2) is 9.73. The van der Waals surface area contributed by atoms with Crippen LogP contribution in [-0.2, 0) is 19.4 Å². The van der Waals surface area contributed by atoms with Gasteiger partial charge in [-0.1, -0.05) is 40.0 Å². The number of aromatic nitrogens is 2. The largest absolute Gasteiger partial charge is 0.349 e. The van der Waals surface area contributed by atoms with Crippen LogP contribution in [0.25, 0.3) is 0 Å². The van der Waals surface area contributed by atoms with Crippen molar-refractivity contribution in [3.8, 4) is 0 Å². The van der Waals surface area contributed by atoms with Crippen molar-refractivity contribution in [2.45, 2.75) is 105 Å². The Labute approximate surface area is 203 Å². The van der Waals surface area contributed by atoms with Crippen molar-refractivity contribution >= 4 is 28.5 Å². The molecule has 2 heterocycles. The molecule has 2 aliphatic rings. The summed E-state index contributed by atoms with van der Waals surface area (Å²) in [5.41, 5.74) is 5.54. The fourth-order valence-corrected chi connectivity index (χ4v) is 6.74. The molecule has 33 heavy (non-hydrogen) atoms. The van der Waals surface area contributed by atoms with Crippen LogP contribution in [0.3, 0.4) is 0 Å². The molecule has 4 rings (SSSR count). The molecule has 0 aromatic carbocycles. The Morgan fingerprint density at radius 1 is 1.21 bits per heavy atom. The third-order valence-corrected chi connectivity index (χ3v) is 8.85. The lowest BCUT2D eigenvalue weighted by molar-refractivity contribution is 0.0927. The Kier molecular flexibility index (Phi) is 7.13. The van der Waals surface area contributed by atoms with Gasteiger partial charge in [0.15, 0.2) is 0 Å². The highest BCUT2D eigenvalue weighted by Crippen LogP contribution is 2.45. The monoisotopic (exact) mass is 468 g/mol. The summed E-state index contributed by atoms with van der Waals surface area (Å²) in [5, 5.41) is 8.86. The van der Waals surface area contributed by atoms with Crippen LogP contribution >= 0.6 is 11.3 Å². The number of amides is 1. The van der Waals surface area contributed by atoms with Crippen molar-refractivity contribution in [1.29, 1.82) is 0 Å². The van der Waals surface area contributed by atoms with Crippen molar-refractivity contribution < 1.29 is 4.79 Å². The minimum atomic E-state index is 0.0819. The number of thiophene rings is 1. The number of nitrogens with one attached hydrogen (secondary N) is 1. The third-order valence-electron chi connectivity index (χ3n) is 7.69. The van der Waals surface area contributed by atoms with E-state index in [1.165, 1.54) is 29.7 Å². The van der Waals surface area contributed by atoms with E-state index in [4.69, 9.17) is 4.99 Å². The zero-order valence-electron chi connectivity index (χ0n) is 21.3. The summed E-state index contributed by atoms with van der Waals surface area (Å²) in [6, 6.07) is 0.303. The van der Waals surface area contributed by atoms with Gasteiger partial charge in [-0.05, 0) is 69.8 Å². The van der Waals surface area contributed by atoms with E-state index in [-0.39, 0.29) is 11.3 Å². The molecular weight excluding hydrogens is 428 g/mol. The van der Waals surface area contributed by atoms with Gasteiger partial charge in [0, 0.05) is 34.9 Å². The van der Waals surface area contributed by atoms with Crippen molar-refractivity contribution in [2.75, 3.05) is 0 Å². The number of carbonyl (C=O) groups excluding carboxylic acids is 1. The summed E-state index contributed by atoms with van der Waals surface area (Å²) in [4.78, 5) is 19.8. The predicted molar refractivity (Wildman–Crippen MR) is 138 cm³/mol. The molecule has 1 amide bonds. The normalized spacial score (nSPS) is 19.8. The molecule has 2 aromatic heterocycles. The van der Waals surface area contributed by atoms with E-state index in [0.29, 0.717) is 12.0 Å². The van der Waals surface area contributed by atoms with Crippen LogP contribution in [0.15, 0.2) is 4.99 Å². The van der Waals surface area contributed by atoms with Crippen LogP contribution in [0.1, 0.15) is 104 Å². The van der Waals surface area contributed by atoms with Gasteiger partial charge in [-0.2, -0.15) is 5.10 Å². The van der Waals surface area contributed by atoms with Crippen LogP contribution < -0.4 is 5.32 Å². The Hall–Kier alpha value is -1.95. The van der Waals surface area contributed by atoms with Gasteiger partial charge in [-0.3, -0.25) is 9.48 Å². The van der Waals surface area contributed by atoms with E-state index in [1.807, 2.05) is 17.8 Å². The lowest BCUT2D eigenvalue weighted by Crippen LogP contribution is -2.36. The molecule has 0 saturated heterocycles. The highest BCUT2D eigenvalue weighted by Gasteiger charge is 2.34. The molecular formula is C27H40N4OS. The van der Waals surface area contributed by atoms with Crippen molar-refractivity contribution in [1.82, 2.24) is 15.1 Å². The molecule has 1 fully saturated rings. The summed E-state index contributed by atoms with van der Waals surface area (Å²) >= 11 is 1.73. The van der Waals surface area contributed by atoms with Crippen molar-refractivity contribution in [2.24, 2.45) is 16.3 Å². The van der Waals surface area contributed by atoms with Crippen LogP contribution in [0.2, 0.25) is 0 Å². The van der Waals surface area contributed by atoms with Gasteiger partial charge in [-0.25, -0.2) is 4.99 Å². The summed E-state index contributed by atoms with van der Waals surface area (Å²) in [7, 11) is 0. The minimum Gasteiger partial charge on any atom is -0.349 e. The molecule has 180 valence electrons. The Morgan fingerprint density at radius 2 is 1.94 bits per heavy atom. The van der Waals surface area contributed by atoms with Crippen molar-refractivity contribution in [3.63, 3.8) is 0 Å². The maximum atomic E-state index is 13.5. The lowest BCUT2D eigenvalue weighted by Gasteiger charge is -2.34. The fraction of sp³-hybridized carbons (Fsp3) is 0.667. The lowest BCUT2D eigenvalue weighted by atomic mass is 9.72. The zero-order valence-corrected chi connectivity index (χ0v) is 22.1. The third kappa shape index (κ3) is 5.11. The molecule has 2 aliphatic carbocycles. The summed E-state index contributed by atoms with van der Waals surface area (Å²) in [5.74, 6) is 0.723. The number of hydrogen-bond donors (Lipinski definition) is 1. The molecule has 6 heteroatoms. The van der Waals surface area contributed by atoms with Gasteiger partial charge in [0.1, 0.15) is 5.00 Å². The molecule has 0 aliphatic heterocycles. The van der Waals surface area contributed by atoms with Crippen LogP contribution in [0, 0.1) is 25.2 Å². The Balaban J connectivity index is 1.68. The number of aryl methyl sites for hydroxylation is 2. The highest BCUT2D eigenvalue weighted by atomic mass is 32.1. The first kappa shape index (κ1) is 24.2. The second-order valence-electron chi connectivity index (χ2n) is 11.0. The molecule has 5 nitrogen and oxygen atoms in total. The van der Waals surface area contributed by atoms with Crippen LogP contribution in [-0.4, -0.2) is 27.9 Å². The molecule has 0 unspecified atom stereocenters. The number of carbonyl (C=O) groups is 1. The first-order valence-corrected chi connectivity index (χ1v) is 13.5. The first-order valence-electron chi connectivity index (χ1n) is 12.7. The number of rotatable bonds is 5. The molecule has 1 saturated carbocycles. The number of fused-ring (bicyclic) bond motifs is 1. The van der Waals surface area contributed by atoms with Gasteiger partial charge >= 0.3 is 0 Å². The molecule has 0 radical (unpaired) electrons. The van der Waals surface area contributed by atoms with Crippen LogP contribution in [0.5, 0.6) is 0 Å². The summed E-state index contributed by atoms with van der Waals surface area (Å²) in [6.07, 6.45) is 11.0. The van der Waals surface area contributed by atoms with E-state index in [0.717, 1.165) is 66.2 Å². The average molecular weight is 469 g/mol. The van der Waals surface area contributed by atoms with Gasteiger partial charge < -0.3 is 5.32 Å². The predicted octanol–water partition coefficient (Wildman–Crippen LogP) is 6.55. The molecule has 2 aromatic rings. The molecule has 0 bridgehead atoms. The van der Waals surface area contributed by atoms with E-state index in [2.05, 4.69) is 45.0 Å². The number of hydrogen-bond acceptors (Lipinski definition) is 4. The van der Waals surface area contributed by atoms with Gasteiger partial charge in [0.25, 0.3) is 5.91 Å². The van der Waals surface area contributed by atoms with Crippen LogP contribution in [0.4, 0.5) is 5.00 Å². The summed E-state index contributed by atoms with van der Waals surface area (Å²) in [6.45, 7) is 14.1. The van der Waals surface area contributed by atoms with E-state index in [9.17, 15) is 4.79 Å². The maximum absolute atomic E-state index is 13.5. The van der Waals surface area contributed by atoms with E-state index < -0.39 is 0 Å². The minimum absolute atomic E-state index is 0.0819. The van der Waals surface area contributed by atoms with Gasteiger partial charge in [0.05, 0.1) is 11.3 Å². The molecule has 1 atom stereocenters. The highest BCUT2D eigenvalue weighted by molar-refractivity contribution is 7.16. The second-order valence-corrected chi connectivity index (χ2v) is 12.0. The van der Waals surface area contributed by atoms with E-state index >= 15 is 0 Å². The number of nitrogens with zero attached hydrogens (tertiary/aromatic N) is 3. The smallest absolute Gasteiger partial charge is 0.254 e.